The minimum atomic E-state index is -2.62. The highest BCUT2D eigenvalue weighted by Crippen LogP contribution is 2.42. The van der Waals surface area contributed by atoms with Crippen molar-refractivity contribution in [2.75, 3.05) is 44.2 Å². The molecular formula is C35H41F4N3O. The number of halogens is 4. The molecular weight excluding hydrogens is 554 g/mol. The minimum Gasteiger partial charge on any atom is -0.489 e. The summed E-state index contributed by atoms with van der Waals surface area (Å²) < 4.78 is 65.3. The first-order valence-electron chi connectivity index (χ1n) is 15.7. The quantitative estimate of drug-likeness (QED) is 0.286. The van der Waals surface area contributed by atoms with Crippen LogP contribution in [0.15, 0.2) is 60.7 Å². The predicted octanol–water partition coefficient (Wildman–Crippen LogP) is 7.51. The van der Waals surface area contributed by atoms with Crippen molar-refractivity contribution in [2.24, 2.45) is 5.41 Å². The van der Waals surface area contributed by atoms with E-state index in [9.17, 15) is 8.78 Å². The molecule has 1 spiro atoms. The van der Waals surface area contributed by atoms with Gasteiger partial charge in [-0.15, -0.1) is 0 Å². The number of rotatable bonds is 7. The van der Waals surface area contributed by atoms with Crippen LogP contribution in [-0.4, -0.2) is 50.6 Å². The first-order chi connectivity index (χ1) is 20.9. The van der Waals surface area contributed by atoms with Crippen LogP contribution in [0, 0.1) is 17.0 Å². The Kier molecular flexibility index (Phi) is 9.24. The number of benzene rings is 3. The normalized spacial score (nSPS) is 21.0. The minimum absolute atomic E-state index is 0.164. The SMILES string of the molecule is Fc1cc(N2CCCC3(CCCNC3)CCC2)cc(F)c1C1c2ccc(OCc3ccccc3)cc2CCN1CC(F)F. The molecule has 8 heteroatoms. The zero-order chi connectivity index (χ0) is 29.8. The third-order valence-corrected chi connectivity index (χ3v) is 9.60. The molecule has 1 N–H and O–H groups in total. The highest BCUT2D eigenvalue weighted by molar-refractivity contribution is 5.52. The summed E-state index contributed by atoms with van der Waals surface area (Å²) in [4.78, 5) is 3.59. The maximum atomic E-state index is 16.0. The lowest BCUT2D eigenvalue weighted by molar-refractivity contribution is 0.0686. The van der Waals surface area contributed by atoms with Crippen molar-refractivity contribution in [3.63, 3.8) is 0 Å². The van der Waals surface area contributed by atoms with Gasteiger partial charge in [-0.1, -0.05) is 36.4 Å². The van der Waals surface area contributed by atoms with Crippen molar-refractivity contribution >= 4 is 5.69 Å². The van der Waals surface area contributed by atoms with Crippen molar-refractivity contribution in [2.45, 2.75) is 64.0 Å². The Morgan fingerprint density at radius 3 is 2.28 bits per heavy atom. The molecule has 2 saturated heterocycles. The van der Waals surface area contributed by atoms with Gasteiger partial charge < -0.3 is 15.0 Å². The molecule has 0 aliphatic carbocycles. The molecule has 0 amide bonds. The van der Waals surface area contributed by atoms with Crippen LogP contribution >= 0.6 is 0 Å². The van der Waals surface area contributed by atoms with E-state index in [4.69, 9.17) is 4.74 Å². The highest BCUT2D eigenvalue weighted by atomic mass is 19.3. The summed E-state index contributed by atoms with van der Waals surface area (Å²) in [7, 11) is 0. The predicted molar refractivity (Wildman–Crippen MR) is 162 cm³/mol. The van der Waals surface area contributed by atoms with Gasteiger partial charge in [0, 0.05) is 37.4 Å². The van der Waals surface area contributed by atoms with Gasteiger partial charge in [0.15, 0.2) is 0 Å². The fourth-order valence-electron chi connectivity index (χ4n) is 7.45. The van der Waals surface area contributed by atoms with Gasteiger partial charge in [-0.3, -0.25) is 4.90 Å². The lowest BCUT2D eigenvalue weighted by Gasteiger charge is -2.41. The molecule has 43 heavy (non-hydrogen) atoms. The number of piperidine rings is 1. The van der Waals surface area contributed by atoms with Crippen LogP contribution in [0.4, 0.5) is 23.2 Å². The van der Waals surface area contributed by atoms with Crippen LogP contribution < -0.4 is 15.0 Å². The van der Waals surface area contributed by atoms with Gasteiger partial charge in [-0.25, -0.2) is 17.6 Å². The number of hydrogen-bond acceptors (Lipinski definition) is 4. The van der Waals surface area contributed by atoms with Crippen LogP contribution in [0.3, 0.4) is 0 Å². The fraction of sp³-hybridized carbons (Fsp3) is 0.486. The smallest absolute Gasteiger partial charge is 0.251 e. The van der Waals surface area contributed by atoms with Crippen molar-refractivity contribution in [1.29, 1.82) is 0 Å². The Morgan fingerprint density at radius 1 is 0.884 bits per heavy atom. The van der Waals surface area contributed by atoms with Gasteiger partial charge in [0.2, 0.25) is 0 Å². The summed E-state index contributed by atoms with van der Waals surface area (Å²) in [5.41, 5.74) is 3.23. The van der Waals surface area contributed by atoms with E-state index in [0.717, 1.165) is 63.0 Å². The number of nitrogens with zero attached hydrogens (tertiary/aromatic N) is 2. The monoisotopic (exact) mass is 595 g/mol. The van der Waals surface area contributed by atoms with Crippen LogP contribution in [0.25, 0.3) is 0 Å². The molecule has 1 unspecified atom stereocenters. The van der Waals surface area contributed by atoms with E-state index in [0.29, 0.717) is 35.4 Å². The van der Waals surface area contributed by atoms with Crippen LogP contribution in [0.5, 0.6) is 5.75 Å². The van der Waals surface area contributed by atoms with Crippen molar-refractivity contribution < 1.29 is 22.3 Å². The second-order valence-electron chi connectivity index (χ2n) is 12.5. The average molecular weight is 596 g/mol. The van der Waals surface area contributed by atoms with Gasteiger partial charge in [-0.05, 0) is 97.9 Å². The summed E-state index contributed by atoms with van der Waals surface area (Å²) in [5.74, 6) is -0.735. The zero-order valence-corrected chi connectivity index (χ0v) is 24.6. The first-order valence-corrected chi connectivity index (χ1v) is 15.7. The largest absolute Gasteiger partial charge is 0.489 e. The Labute approximate surface area is 252 Å². The van der Waals surface area contributed by atoms with E-state index in [-0.39, 0.29) is 12.1 Å². The molecule has 230 valence electrons. The van der Waals surface area contributed by atoms with E-state index in [1.165, 1.54) is 29.9 Å². The molecule has 3 aliphatic rings. The van der Waals surface area contributed by atoms with Gasteiger partial charge in [0.05, 0.1) is 12.6 Å². The third-order valence-electron chi connectivity index (χ3n) is 9.60. The Morgan fingerprint density at radius 2 is 1.60 bits per heavy atom. The number of nitrogens with one attached hydrogen (secondary N) is 1. The lowest BCUT2D eigenvalue weighted by Crippen LogP contribution is -2.42. The van der Waals surface area contributed by atoms with Crippen molar-refractivity contribution in [3.05, 3.63) is 94.6 Å². The Bertz CT molecular complexity index is 1340. The molecule has 3 aliphatic heterocycles. The average Bonchev–Trinajstić information content (AvgIpc) is 2.99. The molecule has 1 atom stereocenters. The van der Waals surface area contributed by atoms with Crippen molar-refractivity contribution in [1.82, 2.24) is 10.2 Å². The van der Waals surface area contributed by atoms with Crippen molar-refractivity contribution in [3.8, 4) is 5.75 Å². The summed E-state index contributed by atoms with van der Waals surface area (Å²) in [6, 6.07) is 17.1. The number of hydrogen-bond donors (Lipinski definition) is 1. The zero-order valence-electron chi connectivity index (χ0n) is 24.6. The van der Waals surface area contributed by atoms with Gasteiger partial charge in [-0.2, -0.15) is 0 Å². The molecule has 6 rings (SSSR count). The Hall–Kier alpha value is -3.10. The fourth-order valence-corrected chi connectivity index (χ4v) is 7.45. The van der Waals surface area contributed by atoms with E-state index < -0.39 is 30.6 Å². The molecule has 3 aromatic carbocycles. The Balaban J connectivity index is 1.24. The molecule has 0 bridgehead atoms. The van der Waals surface area contributed by atoms with Gasteiger partial charge >= 0.3 is 0 Å². The van der Waals surface area contributed by atoms with Gasteiger partial charge in [0.25, 0.3) is 6.43 Å². The summed E-state index contributed by atoms with van der Waals surface area (Å²) in [6.07, 6.45) is 4.49. The van der Waals surface area contributed by atoms with Crippen LogP contribution in [0.1, 0.15) is 66.8 Å². The highest BCUT2D eigenvalue weighted by Gasteiger charge is 2.36. The first kappa shape index (κ1) is 29.9. The van der Waals surface area contributed by atoms with E-state index in [1.54, 1.807) is 12.1 Å². The van der Waals surface area contributed by atoms with E-state index in [2.05, 4.69) is 10.2 Å². The van der Waals surface area contributed by atoms with Gasteiger partial charge in [0.1, 0.15) is 24.0 Å². The maximum Gasteiger partial charge on any atom is 0.251 e. The summed E-state index contributed by atoms with van der Waals surface area (Å²) in [6.45, 7) is 3.74. The summed E-state index contributed by atoms with van der Waals surface area (Å²) >= 11 is 0. The number of anilines is 1. The topological polar surface area (TPSA) is 27.7 Å². The lowest BCUT2D eigenvalue weighted by atomic mass is 9.73. The molecule has 2 fully saturated rings. The molecule has 0 radical (unpaired) electrons. The standard InChI is InChI=1S/C35H41F4N3O/c36-30-20-27(41-16-5-13-35(14-6-17-41)12-4-15-40-24-35)21-31(37)33(30)34-29-10-9-28(43-23-25-7-2-1-3-8-25)19-26(29)11-18-42(34)22-32(38)39/h1-3,7-10,19-21,32,34,40H,4-6,11-18,22-24H2. The number of fused-ring (bicyclic) bond motifs is 1. The second-order valence-corrected chi connectivity index (χ2v) is 12.5. The number of alkyl halides is 2. The van der Waals surface area contributed by atoms with E-state index >= 15 is 8.78 Å². The molecule has 3 heterocycles. The summed E-state index contributed by atoms with van der Waals surface area (Å²) in [5, 5.41) is 3.56. The molecule has 3 aromatic rings. The molecule has 0 saturated carbocycles. The number of ether oxygens (including phenoxy) is 1. The second kappa shape index (κ2) is 13.3. The molecule has 0 aromatic heterocycles. The maximum absolute atomic E-state index is 16.0. The van der Waals surface area contributed by atoms with Crippen LogP contribution in [-0.2, 0) is 13.0 Å². The van der Waals surface area contributed by atoms with E-state index in [1.807, 2.05) is 36.4 Å². The van der Waals surface area contributed by atoms with Crippen LogP contribution in [0.2, 0.25) is 0 Å². The molecule has 4 nitrogen and oxygen atoms in total. The third kappa shape index (κ3) is 6.86.